The predicted molar refractivity (Wildman–Crippen MR) is 71.8 cm³/mol. The van der Waals surface area contributed by atoms with Crippen LogP contribution >= 0.6 is 0 Å². The topological polar surface area (TPSA) is 40.5 Å². The first-order valence-corrected chi connectivity index (χ1v) is 6.01. The van der Waals surface area contributed by atoms with Gasteiger partial charge in [-0.1, -0.05) is 48.6 Å². The third-order valence-electron chi connectivity index (χ3n) is 3.39. The van der Waals surface area contributed by atoms with Crippen molar-refractivity contribution in [1.29, 1.82) is 0 Å². The highest BCUT2D eigenvalue weighted by Gasteiger charge is 2.20. The number of allylic oxidation sites excluding steroid dienone is 8. The Bertz CT molecular complexity index is 514. The maximum Gasteiger partial charge on any atom is 0.157 e. The predicted octanol–water partition coefficient (Wildman–Crippen LogP) is 3.52. The Balaban J connectivity index is 2.12. The maximum atomic E-state index is 9.69. The van der Waals surface area contributed by atoms with Crippen LogP contribution in [0.3, 0.4) is 0 Å². The molecule has 0 radical (unpaired) electrons. The minimum atomic E-state index is -0.0617. The molecule has 0 unspecified atom stereocenters. The molecule has 2 heteroatoms. The Kier molecular flexibility index (Phi) is 2.56. The highest BCUT2D eigenvalue weighted by Crippen LogP contribution is 2.39. The Morgan fingerprint density at radius 2 is 0.944 bits per heavy atom. The fourth-order valence-electron chi connectivity index (χ4n) is 2.46. The summed E-state index contributed by atoms with van der Waals surface area (Å²) in [6, 6.07) is 3.32. The van der Waals surface area contributed by atoms with E-state index < -0.39 is 0 Å². The molecule has 1 aromatic carbocycles. The molecule has 0 aromatic heterocycles. The summed E-state index contributed by atoms with van der Waals surface area (Å²) in [6.45, 7) is 0. The number of hydrogen-bond donors (Lipinski definition) is 2. The highest BCUT2D eigenvalue weighted by molar-refractivity contribution is 5.54. The summed E-state index contributed by atoms with van der Waals surface area (Å²) in [5.41, 5.74) is 2.08. The van der Waals surface area contributed by atoms with Crippen LogP contribution < -0.4 is 0 Å². The van der Waals surface area contributed by atoms with E-state index in [1.54, 1.807) is 12.1 Å². The van der Waals surface area contributed by atoms with Crippen LogP contribution in [-0.2, 0) is 0 Å². The quantitative estimate of drug-likeness (QED) is 0.774. The molecule has 2 N–H and O–H groups in total. The van der Waals surface area contributed by atoms with Crippen LogP contribution in [0.5, 0.6) is 11.5 Å². The Morgan fingerprint density at radius 1 is 0.611 bits per heavy atom. The van der Waals surface area contributed by atoms with E-state index >= 15 is 0 Å². The summed E-state index contributed by atoms with van der Waals surface area (Å²) < 4.78 is 0. The first-order chi connectivity index (χ1) is 8.75. The van der Waals surface area contributed by atoms with Crippen molar-refractivity contribution in [3.05, 3.63) is 71.9 Å². The molecule has 3 rings (SSSR count). The molecule has 0 amide bonds. The highest BCUT2D eigenvalue weighted by atomic mass is 16.3. The van der Waals surface area contributed by atoms with Crippen LogP contribution in [0.2, 0.25) is 0 Å². The third-order valence-corrected chi connectivity index (χ3v) is 3.39. The Labute approximate surface area is 106 Å². The van der Waals surface area contributed by atoms with Gasteiger partial charge in [-0.25, -0.2) is 0 Å². The zero-order valence-electron chi connectivity index (χ0n) is 9.82. The van der Waals surface area contributed by atoms with Crippen molar-refractivity contribution in [2.24, 2.45) is 0 Å². The van der Waals surface area contributed by atoms with E-state index in [-0.39, 0.29) is 23.3 Å². The normalized spacial score (nSPS) is 18.2. The summed E-state index contributed by atoms with van der Waals surface area (Å²) in [6.07, 6.45) is 16.3. The van der Waals surface area contributed by atoms with E-state index in [2.05, 4.69) is 24.3 Å². The minimum absolute atomic E-state index is 0.0617. The van der Waals surface area contributed by atoms with Crippen molar-refractivity contribution in [3.8, 4) is 11.5 Å². The van der Waals surface area contributed by atoms with E-state index in [0.717, 1.165) is 11.1 Å². The molecule has 2 aliphatic carbocycles. The SMILES string of the molecule is Oc1cc(C2C=CC=C2)c(C2C=CC=C2)cc1O. The first-order valence-electron chi connectivity index (χ1n) is 6.01. The van der Waals surface area contributed by atoms with E-state index in [4.69, 9.17) is 0 Å². The molecule has 0 saturated carbocycles. The molecule has 90 valence electrons. The van der Waals surface area contributed by atoms with Crippen molar-refractivity contribution in [1.82, 2.24) is 0 Å². The summed E-state index contributed by atoms with van der Waals surface area (Å²) in [5, 5.41) is 19.4. The fraction of sp³-hybridized carbons (Fsp3) is 0.125. The van der Waals surface area contributed by atoms with Gasteiger partial charge < -0.3 is 10.2 Å². The molecule has 0 saturated heterocycles. The van der Waals surface area contributed by atoms with E-state index in [1.807, 2.05) is 24.3 Å². The molecule has 0 fully saturated rings. The van der Waals surface area contributed by atoms with Gasteiger partial charge in [-0.15, -0.1) is 0 Å². The molecule has 0 aliphatic heterocycles. The second-order valence-corrected chi connectivity index (χ2v) is 4.56. The molecule has 0 bridgehead atoms. The van der Waals surface area contributed by atoms with Gasteiger partial charge in [-0.2, -0.15) is 0 Å². The van der Waals surface area contributed by atoms with Gasteiger partial charge in [0.2, 0.25) is 0 Å². The zero-order valence-corrected chi connectivity index (χ0v) is 9.82. The van der Waals surface area contributed by atoms with Gasteiger partial charge in [0.1, 0.15) is 0 Å². The van der Waals surface area contributed by atoms with Gasteiger partial charge in [0.05, 0.1) is 0 Å². The average Bonchev–Trinajstić information content (AvgIpc) is 3.02. The molecule has 2 nitrogen and oxygen atoms in total. The maximum absolute atomic E-state index is 9.69. The molecular formula is C16H14O2. The largest absolute Gasteiger partial charge is 0.504 e. The summed E-state index contributed by atoms with van der Waals surface area (Å²) in [5.74, 6) is 0.226. The van der Waals surface area contributed by atoms with E-state index in [9.17, 15) is 10.2 Å². The number of phenols is 2. The van der Waals surface area contributed by atoms with Crippen LogP contribution in [0.25, 0.3) is 0 Å². The van der Waals surface area contributed by atoms with Crippen molar-refractivity contribution in [2.45, 2.75) is 11.8 Å². The number of rotatable bonds is 2. The first kappa shape index (κ1) is 10.9. The lowest BCUT2D eigenvalue weighted by Gasteiger charge is -2.17. The van der Waals surface area contributed by atoms with Gasteiger partial charge in [0, 0.05) is 11.8 Å². The van der Waals surface area contributed by atoms with E-state index in [0.29, 0.717) is 0 Å². The second kappa shape index (κ2) is 4.22. The van der Waals surface area contributed by atoms with Gasteiger partial charge >= 0.3 is 0 Å². The summed E-state index contributed by atoms with van der Waals surface area (Å²) >= 11 is 0. The lowest BCUT2D eigenvalue weighted by molar-refractivity contribution is 0.402. The monoisotopic (exact) mass is 238 g/mol. The molecule has 2 aliphatic rings. The molecule has 1 aromatic rings. The van der Waals surface area contributed by atoms with Gasteiger partial charge in [0.15, 0.2) is 11.5 Å². The number of hydrogen-bond acceptors (Lipinski definition) is 2. The lowest BCUT2D eigenvalue weighted by atomic mass is 9.88. The smallest absolute Gasteiger partial charge is 0.157 e. The number of benzene rings is 1. The molecular weight excluding hydrogens is 224 g/mol. The zero-order chi connectivity index (χ0) is 12.5. The van der Waals surface area contributed by atoms with Crippen LogP contribution in [0.15, 0.2) is 60.7 Å². The van der Waals surface area contributed by atoms with Crippen molar-refractivity contribution in [2.75, 3.05) is 0 Å². The van der Waals surface area contributed by atoms with Gasteiger partial charge in [-0.3, -0.25) is 0 Å². The van der Waals surface area contributed by atoms with Crippen molar-refractivity contribution >= 4 is 0 Å². The average molecular weight is 238 g/mol. The Hall–Kier alpha value is -2.22. The fourth-order valence-corrected chi connectivity index (χ4v) is 2.46. The van der Waals surface area contributed by atoms with Gasteiger partial charge in [0.25, 0.3) is 0 Å². The minimum Gasteiger partial charge on any atom is -0.504 e. The summed E-state index contributed by atoms with van der Waals surface area (Å²) in [7, 11) is 0. The third kappa shape index (κ3) is 1.76. The molecule has 18 heavy (non-hydrogen) atoms. The van der Waals surface area contributed by atoms with Crippen LogP contribution in [0.1, 0.15) is 23.0 Å². The number of aromatic hydroxyl groups is 2. The van der Waals surface area contributed by atoms with Crippen molar-refractivity contribution < 1.29 is 10.2 Å². The lowest BCUT2D eigenvalue weighted by Crippen LogP contribution is -2.00. The van der Waals surface area contributed by atoms with Gasteiger partial charge in [-0.05, 0) is 23.3 Å². The molecule has 0 spiro atoms. The van der Waals surface area contributed by atoms with Crippen LogP contribution in [0, 0.1) is 0 Å². The second-order valence-electron chi connectivity index (χ2n) is 4.56. The Morgan fingerprint density at radius 3 is 1.28 bits per heavy atom. The van der Waals surface area contributed by atoms with Crippen LogP contribution in [-0.4, -0.2) is 10.2 Å². The molecule has 0 atom stereocenters. The van der Waals surface area contributed by atoms with Crippen molar-refractivity contribution in [3.63, 3.8) is 0 Å². The standard InChI is InChI=1S/C16H14O2/c17-15-9-13(11-5-1-2-6-11)14(10-16(15)18)12-7-3-4-8-12/h1-12,17-18H. The van der Waals surface area contributed by atoms with E-state index in [1.165, 1.54) is 0 Å². The summed E-state index contributed by atoms with van der Waals surface area (Å²) in [4.78, 5) is 0. The van der Waals surface area contributed by atoms with Crippen LogP contribution in [0.4, 0.5) is 0 Å². The number of phenolic OH excluding ortho intramolecular Hbond substituents is 2. The molecule has 0 heterocycles.